The van der Waals surface area contributed by atoms with Gasteiger partial charge in [0.1, 0.15) is 5.82 Å². The molecule has 0 saturated heterocycles. The number of nitrogens with two attached hydrogens (primary N) is 1. The Morgan fingerprint density at radius 2 is 1.95 bits per heavy atom. The van der Waals surface area contributed by atoms with Gasteiger partial charge in [-0.25, -0.2) is 4.39 Å². The molecule has 1 aromatic rings. The van der Waals surface area contributed by atoms with Gasteiger partial charge in [-0.2, -0.15) is 0 Å². The second-order valence-corrected chi connectivity index (χ2v) is 5.67. The van der Waals surface area contributed by atoms with Crippen molar-refractivity contribution in [2.75, 3.05) is 20.1 Å². The third kappa shape index (κ3) is 5.22. The largest absolute Gasteiger partial charge is 0.330 e. The molecular weight excluding hydrogens is 251 g/mol. The average molecular weight is 280 g/mol. The van der Waals surface area contributed by atoms with E-state index < -0.39 is 0 Å². The lowest BCUT2D eigenvalue weighted by Crippen LogP contribution is -2.24. The standard InChI is InChI=1S/C17H29FN2/c1-4-15(11-12-19)8-7-13-20(3)14(2)16-9-5-6-10-17(16)18/h5-6,9-10,14-15H,4,7-8,11-13,19H2,1-3H3. The molecule has 0 fully saturated rings. The SMILES string of the molecule is CCC(CCN)CCCN(C)C(C)c1ccccc1F. The van der Waals surface area contributed by atoms with Crippen LogP contribution in [0.3, 0.4) is 0 Å². The molecule has 114 valence electrons. The Labute approximate surface area is 123 Å². The normalized spacial score (nSPS) is 14.5. The van der Waals surface area contributed by atoms with E-state index in [0.29, 0.717) is 0 Å². The number of hydrogen-bond acceptors (Lipinski definition) is 2. The zero-order chi connectivity index (χ0) is 15.0. The molecule has 0 aliphatic carbocycles. The maximum atomic E-state index is 13.8. The highest BCUT2D eigenvalue weighted by Gasteiger charge is 2.15. The first-order valence-electron chi connectivity index (χ1n) is 7.74. The van der Waals surface area contributed by atoms with Crippen LogP contribution < -0.4 is 5.73 Å². The molecule has 2 N–H and O–H groups in total. The van der Waals surface area contributed by atoms with Crippen molar-refractivity contribution >= 4 is 0 Å². The molecule has 2 nitrogen and oxygen atoms in total. The predicted molar refractivity (Wildman–Crippen MR) is 84.1 cm³/mol. The summed E-state index contributed by atoms with van der Waals surface area (Å²) in [7, 11) is 2.07. The molecule has 2 unspecified atom stereocenters. The van der Waals surface area contributed by atoms with Gasteiger partial charge in [0.25, 0.3) is 0 Å². The van der Waals surface area contributed by atoms with Crippen molar-refractivity contribution in [3.05, 3.63) is 35.6 Å². The molecule has 0 spiro atoms. The summed E-state index contributed by atoms with van der Waals surface area (Å²) in [6.45, 7) is 6.07. The van der Waals surface area contributed by atoms with Crippen LogP contribution >= 0.6 is 0 Å². The van der Waals surface area contributed by atoms with Crippen LogP contribution in [-0.4, -0.2) is 25.0 Å². The van der Waals surface area contributed by atoms with Crippen molar-refractivity contribution in [1.82, 2.24) is 4.90 Å². The lowest BCUT2D eigenvalue weighted by molar-refractivity contribution is 0.242. The minimum Gasteiger partial charge on any atom is -0.330 e. The predicted octanol–water partition coefficient (Wildman–Crippen LogP) is 3.97. The molecule has 0 aliphatic rings. The highest BCUT2D eigenvalue weighted by atomic mass is 19.1. The number of nitrogens with zero attached hydrogens (tertiary/aromatic N) is 1. The first-order valence-corrected chi connectivity index (χ1v) is 7.74. The fourth-order valence-electron chi connectivity index (χ4n) is 2.66. The summed E-state index contributed by atoms with van der Waals surface area (Å²) < 4.78 is 13.8. The van der Waals surface area contributed by atoms with Crippen LogP contribution in [0.1, 0.15) is 51.1 Å². The minimum absolute atomic E-state index is 0.110. The van der Waals surface area contributed by atoms with Crippen LogP contribution in [0.4, 0.5) is 4.39 Å². The van der Waals surface area contributed by atoms with E-state index in [4.69, 9.17) is 5.73 Å². The molecule has 0 amide bonds. The topological polar surface area (TPSA) is 29.3 Å². The average Bonchev–Trinajstić information content (AvgIpc) is 2.46. The van der Waals surface area contributed by atoms with E-state index in [2.05, 4.69) is 25.8 Å². The molecule has 0 bridgehead atoms. The van der Waals surface area contributed by atoms with Crippen LogP contribution in [0.5, 0.6) is 0 Å². The molecular formula is C17H29FN2. The molecule has 0 aromatic heterocycles. The van der Waals surface area contributed by atoms with Gasteiger partial charge in [0.15, 0.2) is 0 Å². The van der Waals surface area contributed by atoms with Gasteiger partial charge in [0.2, 0.25) is 0 Å². The molecule has 1 rings (SSSR count). The Balaban J connectivity index is 2.42. The first kappa shape index (κ1) is 17.1. The van der Waals surface area contributed by atoms with Gasteiger partial charge < -0.3 is 5.73 Å². The van der Waals surface area contributed by atoms with Gasteiger partial charge in [0.05, 0.1) is 0 Å². The van der Waals surface area contributed by atoms with E-state index in [1.165, 1.54) is 18.9 Å². The quantitative estimate of drug-likeness (QED) is 0.741. The van der Waals surface area contributed by atoms with Crippen LogP contribution in [0.15, 0.2) is 24.3 Å². The second kappa shape index (κ2) is 9.09. The Morgan fingerprint density at radius 1 is 1.25 bits per heavy atom. The van der Waals surface area contributed by atoms with E-state index in [0.717, 1.165) is 37.4 Å². The smallest absolute Gasteiger partial charge is 0.127 e. The zero-order valence-corrected chi connectivity index (χ0v) is 13.1. The van der Waals surface area contributed by atoms with Crippen molar-refractivity contribution in [3.8, 4) is 0 Å². The molecule has 20 heavy (non-hydrogen) atoms. The van der Waals surface area contributed by atoms with Gasteiger partial charge in [-0.05, 0) is 58.3 Å². The summed E-state index contributed by atoms with van der Waals surface area (Å²) in [5.74, 6) is 0.624. The van der Waals surface area contributed by atoms with Crippen molar-refractivity contribution in [1.29, 1.82) is 0 Å². The first-order chi connectivity index (χ1) is 9.60. The van der Waals surface area contributed by atoms with Gasteiger partial charge in [0, 0.05) is 11.6 Å². The molecule has 3 heteroatoms. The summed E-state index contributed by atoms with van der Waals surface area (Å²) in [6, 6.07) is 7.17. The highest BCUT2D eigenvalue weighted by Crippen LogP contribution is 2.22. The maximum absolute atomic E-state index is 13.8. The van der Waals surface area contributed by atoms with Gasteiger partial charge in [-0.15, -0.1) is 0 Å². The summed E-state index contributed by atoms with van der Waals surface area (Å²) in [6.07, 6.45) is 4.67. The number of rotatable bonds is 9. The Bertz CT molecular complexity index is 381. The van der Waals surface area contributed by atoms with Crippen molar-refractivity contribution in [2.45, 2.75) is 45.6 Å². The zero-order valence-electron chi connectivity index (χ0n) is 13.1. The lowest BCUT2D eigenvalue weighted by Gasteiger charge is -2.26. The fourth-order valence-corrected chi connectivity index (χ4v) is 2.66. The van der Waals surface area contributed by atoms with Crippen LogP contribution in [0.2, 0.25) is 0 Å². The summed E-state index contributed by atoms with van der Waals surface area (Å²) >= 11 is 0. The minimum atomic E-state index is -0.110. The number of hydrogen-bond donors (Lipinski definition) is 1. The third-order valence-electron chi connectivity index (χ3n) is 4.29. The molecule has 0 saturated carbocycles. The van der Waals surface area contributed by atoms with Crippen molar-refractivity contribution < 1.29 is 4.39 Å². The molecule has 1 aromatic carbocycles. The van der Waals surface area contributed by atoms with Crippen molar-refractivity contribution in [3.63, 3.8) is 0 Å². The van der Waals surface area contributed by atoms with E-state index in [9.17, 15) is 4.39 Å². The molecule has 0 aliphatic heterocycles. The molecule has 0 heterocycles. The Kier molecular flexibility index (Phi) is 7.78. The summed E-state index contributed by atoms with van der Waals surface area (Å²) in [5, 5.41) is 0. The van der Waals surface area contributed by atoms with Gasteiger partial charge in [-0.3, -0.25) is 4.90 Å². The van der Waals surface area contributed by atoms with E-state index >= 15 is 0 Å². The van der Waals surface area contributed by atoms with Crippen LogP contribution in [0.25, 0.3) is 0 Å². The Morgan fingerprint density at radius 3 is 2.55 bits per heavy atom. The van der Waals surface area contributed by atoms with Crippen LogP contribution in [-0.2, 0) is 0 Å². The second-order valence-electron chi connectivity index (χ2n) is 5.67. The van der Waals surface area contributed by atoms with E-state index in [1.54, 1.807) is 6.07 Å². The van der Waals surface area contributed by atoms with E-state index in [1.807, 2.05) is 12.1 Å². The highest BCUT2D eigenvalue weighted by molar-refractivity contribution is 5.20. The third-order valence-corrected chi connectivity index (χ3v) is 4.29. The van der Waals surface area contributed by atoms with Crippen molar-refractivity contribution in [2.24, 2.45) is 11.7 Å². The fraction of sp³-hybridized carbons (Fsp3) is 0.647. The van der Waals surface area contributed by atoms with Crippen LogP contribution in [0, 0.1) is 11.7 Å². The summed E-state index contributed by atoms with van der Waals surface area (Å²) in [4.78, 5) is 2.23. The monoisotopic (exact) mass is 280 g/mol. The van der Waals surface area contributed by atoms with E-state index in [-0.39, 0.29) is 11.9 Å². The number of halogens is 1. The Hall–Kier alpha value is -0.930. The molecule has 0 radical (unpaired) electrons. The lowest BCUT2D eigenvalue weighted by atomic mass is 9.96. The molecule has 2 atom stereocenters. The maximum Gasteiger partial charge on any atom is 0.127 e. The summed E-state index contributed by atoms with van der Waals surface area (Å²) in [5.41, 5.74) is 6.41. The van der Waals surface area contributed by atoms with Gasteiger partial charge in [-0.1, -0.05) is 31.5 Å². The number of benzene rings is 1. The van der Waals surface area contributed by atoms with Gasteiger partial charge >= 0.3 is 0 Å².